The van der Waals surface area contributed by atoms with Gasteiger partial charge in [-0.2, -0.15) is 0 Å². The lowest BCUT2D eigenvalue weighted by Crippen LogP contribution is -2.33. The molecule has 84 valence electrons. The highest BCUT2D eigenvalue weighted by atomic mass is 16.3. The first-order chi connectivity index (χ1) is 6.77. The van der Waals surface area contributed by atoms with Gasteiger partial charge in [0.1, 0.15) is 0 Å². The molecule has 2 nitrogen and oxygen atoms in total. The van der Waals surface area contributed by atoms with Crippen molar-refractivity contribution in [2.45, 2.75) is 52.0 Å². The molecule has 3 unspecified atom stereocenters. The third kappa shape index (κ3) is 3.58. The summed E-state index contributed by atoms with van der Waals surface area (Å²) in [4.78, 5) is 0. The summed E-state index contributed by atoms with van der Waals surface area (Å²) in [5.41, 5.74) is 0. The smallest absolute Gasteiger partial charge is 0.0462 e. The largest absolute Gasteiger partial charge is 0.396 e. The van der Waals surface area contributed by atoms with E-state index in [0.29, 0.717) is 18.6 Å². The molecule has 1 aliphatic rings. The van der Waals surface area contributed by atoms with Crippen LogP contribution >= 0.6 is 0 Å². The average molecular weight is 199 g/mol. The first-order valence-electron chi connectivity index (χ1n) is 6.12. The van der Waals surface area contributed by atoms with Crippen molar-refractivity contribution in [2.75, 3.05) is 13.2 Å². The van der Waals surface area contributed by atoms with Crippen LogP contribution in [0.15, 0.2) is 0 Å². The number of hydrogen-bond donors (Lipinski definition) is 2. The Balaban J connectivity index is 2.16. The van der Waals surface area contributed by atoms with Crippen LogP contribution in [0.3, 0.4) is 0 Å². The second-order valence-corrected chi connectivity index (χ2v) is 4.73. The number of aliphatic hydroxyl groups is 1. The minimum Gasteiger partial charge on any atom is -0.396 e. The molecule has 0 amide bonds. The summed E-state index contributed by atoms with van der Waals surface area (Å²) in [5, 5.41) is 12.8. The van der Waals surface area contributed by atoms with E-state index in [1.54, 1.807) is 0 Å². The molecule has 0 aromatic heterocycles. The lowest BCUT2D eigenvalue weighted by Gasteiger charge is -2.20. The Morgan fingerprint density at radius 2 is 2.07 bits per heavy atom. The van der Waals surface area contributed by atoms with Gasteiger partial charge in [-0.25, -0.2) is 0 Å². The molecule has 0 heterocycles. The highest BCUT2D eigenvalue weighted by molar-refractivity contribution is 4.79. The molecule has 2 N–H and O–H groups in total. The van der Waals surface area contributed by atoms with E-state index in [-0.39, 0.29) is 0 Å². The Morgan fingerprint density at radius 3 is 2.71 bits per heavy atom. The molecular formula is C12H25NO. The topological polar surface area (TPSA) is 32.3 Å². The van der Waals surface area contributed by atoms with Crippen LogP contribution in [0, 0.1) is 11.8 Å². The molecule has 1 saturated carbocycles. The second-order valence-electron chi connectivity index (χ2n) is 4.73. The van der Waals surface area contributed by atoms with E-state index in [1.807, 2.05) is 0 Å². The Labute approximate surface area is 88.1 Å². The maximum absolute atomic E-state index is 9.18. The lowest BCUT2D eigenvalue weighted by atomic mass is 9.96. The van der Waals surface area contributed by atoms with Crippen molar-refractivity contribution in [1.82, 2.24) is 5.32 Å². The van der Waals surface area contributed by atoms with Gasteiger partial charge in [0.15, 0.2) is 0 Å². The molecular weight excluding hydrogens is 174 g/mol. The average Bonchev–Trinajstić information content (AvgIpc) is 2.62. The van der Waals surface area contributed by atoms with Crippen molar-refractivity contribution in [1.29, 1.82) is 0 Å². The molecule has 2 heteroatoms. The van der Waals surface area contributed by atoms with E-state index < -0.39 is 0 Å². The summed E-state index contributed by atoms with van der Waals surface area (Å²) in [6.07, 6.45) is 6.35. The van der Waals surface area contributed by atoms with E-state index in [9.17, 15) is 5.11 Å². The van der Waals surface area contributed by atoms with Gasteiger partial charge in [0.05, 0.1) is 0 Å². The standard InChI is InChI=1S/C12H25NO/c1-3-5-10(2)13-8-11-6-4-7-12(11)9-14/h10-14H,3-9H2,1-2H3. The fraction of sp³-hybridized carbons (Fsp3) is 1.00. The van der Waals surface area contributed by atoms with Gasteiger partial charge in [-0.05, 0) is 44.6 Å². The van der Waals surface area contributed by atoms with Gasteiger partial charge in [-0.3, -0.25) is 0 Å². The van der Waals surface area contributed by atoms with Gasteiger partial charge in [0.25, 0.3) is 0 Å². The van der Waals surface area contributed by atoms with Crippen LogP contribution in [0.2, 0.25) is 0 Å². The van der Waals surface area contributed by atoms with Crippen molar-refractivity contribution in [2.24, 2.45) is 11.8 Å². The van der Waals surface area contributed by atoms with E-state index >= 15 is 0 Å². The van der Waals surface area contributed by atoms with E-state index in [4.69, 9.17) is 0 Å². The fourth-order valence-corrected chi connectivity index (χ4v) is 2.51. The van der Waals surface area contributed by atoms with Gasteiger partial charge in [-0.15, -0.1) is 0 Å². The third-order valence-electron chi connectivity index (χ3n) is 3.50. The monoisotopic (exact) mass is 199 g/mol. The molecule has 0 radical (unpaired) electrons. The van der Waals surface area contributed by atoms with Crippen molar-refractivity contribution in [3.05, 3.63) is 0 Å². The minimum atomic E-state index is 0.383. The van der Waals surface area contributed by atoms with Gasteiger partial charge < -0.3 is 10.4 Å². The molecule has 0 aliphatic heterocycles. The van der Waals surface area contributed by atoms with E-state index in [2.05, 4.69) is 19.2 Å². The zero-order valence-corrected chi connectivity index (χ0v) is 9.63. The lowest BCUT2D eigenvalue weighted by molar-refractivity contribution is 0.190. The number of aliphatic hydroxyl groups excluding tert-OH is 1. The van der Waals surface area contributed by atoms with Gasteiger partial charge in [0.2, 0.25) is 0 Å². The molecule has 1 aliphatic carbocycles. The summed E-state index contributed by atoms with van der Waals surface area (Å²) in [6, 6.07) is 0.639. The van der Waals surface area contributed by atoms with Crippen LogP contribution in [0.25, 0.3) is 0 Å². The first kappa shape index (κ1) is 12.0. The summed E-state index contributed by atoms with van der Waals surface area (Å²) in [5.74, 6) is 1.29. The molecule has 3 atom stereocenters. The minimum absolute atomic E-state index is 0.383. The summed E-state index contributed by atoms with van der Waals surface area (Å²) < 4.78 is 0. The molecule has 0 bridgehead atoms. The normalized spacial score (nSPS) is 29.4. The number of rotatable bonds is 6. The highest BCUT2D eigenvalue weighted by Gasteiger charge is 2.26. The molecule has 0 saturated heterocycles. The second kappa shape index (κ2) is 6.41. The van der Waals surface area contributed by atoms with Crippen molar-refractivity contribution in [3.8, 4) is 0 Å². The van der Waals surface area contributed by atoms with Crippen molar-refractivity contribution in [3.63, 3.8) is 0 Å². The third-order valence-corrected chi connectivity index (χ3v) is 3.50. The van der Waals surface area contributed by atoms with Gasteiger partial charge >= 0.3 is 0 Å². The van der Waals surface area contributed by atoms with Crippen LogP contribution in [0.5, 0.6) is 0 Å². The molecule has 14 heavy (non-hydrogen) atoms. The van der Waals surface area contributed by atoms with Crippen LogP contribution in [0.1, 0.15) is 46.0 Å². The highest BCUT2D eigenvalue weighted by Crippen LogP contribution is 2.30. The Hall–Kier alpha value is -0.0800. The van der Waals surface area contributed by atoms with E-state index in [0.717, 1.165) is 12.5 Å². The summed E-state index contributed by atoms with van der Waals surface area (Å²) in [7, 11) is 0. The molecule has 1 fully saturated rings. The predicted molar refractivity (Wildman–Crippen MR) is 60.3 cm³/mol. The van der Waals surface area contributed by atoms with Crippen LogP contribution in [0.4, 0.5) is 0 Å². The maximum atomic E-state index is 9.18. The van der Waals surface area contributed by atoms with Crippen molar-refractivity contribution < 1.29 is 5.11 Å². The quantitative estimate of drug-likeness (QED) is 0.687. The number of nitrogens with one attached hydrogen (secondary N) is 1. The van der Waals surface area contributed by atoms with Crippen LogP contribution < -0.4 is 5.32 Å². The molecule has 0 spiro atoms. The summed E-state index contributed by atoms with van der Waals surface area (Å²) in [6.45, 7) is 5.97. The van der Waals surface area contributed by atoms with Crippen molar-refractivity contribution >= 4 is 0 Å². The molecule has 1 rings (SSSR count). The Kier molecular flexibility index (Phi) is 5.49. The predicted octanol–water partition coefficient (Wildman–Crippen LogP) is 2.17. The molecule has 0 aromatic carbocycles. The zero-order valence-electron chi connectivity index (χ0n) is 9.63. The van der Waals surface area contributed by atoms with Gasteiger partial charge in [0, 0.05) is 12.6 Å². The van der Waals surface area contributed by atoms with Crippen LogP contribution in [-0.2, 0) is 0 Å². The first-order valence-corrected chi connectivity index (χ1v) is 6.12. The zero-order chi connectivity index (χ0) is 10.4. The fourth-order valence-electron chi connectivity index (χ4n) is 2.51. The maximum Gasteiger partial charge on any atom is 0.0462 e. The van der Waals surface area contributed by atoms with Gasteiger partial charge in [-0.1, -0.05) is 19.8 Å². The summed E-state index contributed by atoms with van der Waals surface area (Å²) >= 11 is 0. The Morgan fingerprint density at radius 1 is 1.36 bits per heavy atom. The van der Waals surface area contributed by atoms with Crippen LogP contribution in [-0.4, -0.2) is 24.3 Å². The van der Waals surface area contributed by atoms with E-state index in [1.165, 1.54) is 32.1 Å². The SMILES string of the molecule is CCCC(C)NCC1CCCC1CO. The Bertz CT molecular complexity index is 149. The number of hydrogen-bond acceptors (Lipinski definition) is 2. The molecule has 0 aromatic rings.